The highest BCUT2D eigenvalue weighted by Gasteiger charge is 2.30. The molecule has 4 aromatic rings. The third-order valence-corrected chi connectivity index (χ3v) is 5.05. The number of nitrogens with zero attached hydrogens (tertiary/aromatic N) is 1. The number of anilines is 1. The highest BCUT2D eigenvalue weighted by atomic mass is 35.5. The van der Waals surface area contributed by atoms with E-state index in [9.17, 15) is 26.7 Å². The number of hydrogen-bond acceptors (Lipinski definition) is 3. The van der Waals surface area contributed by atoms with Crippen LogP contribution in [0, 0.1) is 42.9 Å². The fourth-order valence-electron chi connectivity index (χ4n) is 3.24. The number of fused-ring (bicyclic) bond motifs is 1. The smallest absolute Gasteiger partial charge is 0.261 e. The molecule has 1 amide bonds. The van der Waals surface area contributed by atoms with Gasteiger partial charge in [0.15, 0.2) is 28.9 Å². The van der Waals surface area contributed by atoms with Gasteiger partial charge in [0.1, 0.15) is 11.1 Å². The highest BCUT2D eigenvalue weighted by molar-refractivity contribution is 6.34. The molecule has 164 valence electrons. The van der Waals surface area contributed by atoms with Crippen LogP contribution in [0.2, 0.25) is 5.02 Å². The number of carbonyl (C=O) groups excluding carboxylic acids is 1. The molecule has 0 bridgehead atoms. The number of halogens is 6. The van der Waals surface area contributed by atoms with E-state index in [1.54, 1.807) is 0 Å². The zero-order valence-electron chi connectivity index (χ0n) is 16.4. The van der Waals surface area contributed by atoms with Crippen LogP contribution in [0.5, 0.6) is 0 Å². The fourth-order valence-corrected chi connectivity index (χ4v) is 3.41. The molecule has 0 saturated carbocycles. The van der Waals surface area contributed by atoms with E-state index in [2.05, 4.69) is 10.3 Å². The number of nitrogens with one attached hydrogen (secondary N) is 1. The summed E-state index contributed by atoms with van der Waals surface area (Å²) in [4.78, 5) is 16.7. The third-order valence-electron chi connectivity index (χ3n) is 4.72. The van der Waals surface area contributed by atoms with Crippen LogP contribution >= 0.6 is 11.6 Å². The topological polar surface area (TPSA) is 55.1 Å². The molecule has 1 heterocycles. The molecule has 0 spiro atoms. The van der Waals surface area contributed by atoms with Crippen molar-refractivity contribution in [2.45, 2.75) is 13.8 Å². The van der Waals surface area contributed by atoms with Gasteiger partial charge in [-0.05, 0) is 49.2 Å². The minimum absolute atomic E-state index is 0.0471. The van der Waals surface area contributed by atoms with Crippen molar-refractivity contribution in [3.8, 4) is 11.5 Å². The molecule has 0 unspecified atom stereocenters. The number of benzene rings is 3. The summed E-state index contributed by atoms with van der Waals surface area (Å²) in [6.07, 6.45) is 0. The van der Waals surface area contributed by atoms with Crippen molar-refractivity contribution in [2.24, 2.45) is 0 Å². The van der Waals surface area contributed by atoms with E-state index in [4.69, 9.17) is 16.0 Å². The lowest BCUT2D eigenvalue weighted by Gasteiger charge is -2.11. The number of carbonyl (C=O) groups is 1. The van der Waals surface area contributed by atoms with Crippen LogP contribution in [-0.2, 0) is 0 Å². The van der Waals surface area contributed by atoms with E-state index >= 15 is 0 Å². The maximum Gasteiger partial charge on any atom is 0.261 e. The average molecular weight is 467 g/mol. The van der Waals surface area contributed by atoms with Crippen molar-refractivity contribution in [2.75, 3.05) is 5.32 Å². The van der Waals surface area contributed by atoms with E-state index in [1.807, 2.05) is 26.0 Å². The van der Waals surface area contributed by atoms with Gasteiger partial charge in [0, 0.05) is 5.56 Å². The van der Waals surface area contributed by atoms with Gasteiger partial charge in [0.2, 0.25) is 11.7 Å². The van der Waals surface area contributed by atoms with Crippen LogP contribution < -0.4 is 5.32 Å². The van der Waals surface area contributed by atoms with Crippen molar-refractivity contribution in [1.82, 2.24) is 4.98 Å². The number of amides is 1. The zero-order chi connectivity index (χ0) is 23.3. The first-order valence-corrected chi connectivity index (χ1v) is 9.46. The first-order valence-electron chi connectivity index (χ1n) is 9.09. The van der Waals surface area contributed by atoms with Gasteiger partial charge in [-0.3, -0.25) is 4.79 Å². The lowest BCUT2D eigenvalue weighted by Crippen LogP contribution is -2.19. The zero-order valence-corrected chi connectivity index (χ0v) is 17.2. The first kappa shape index (κ1) is 21.8. The fraction of sp³-hybridized carbons (Fsp3) is 0.0909. The number of aryl methyl sites for hydroxylation is 2. The van der Waals surface area contributed by atoms with E-state index < -0.39 is 40.6 Å². The largest absolute Gasteiger partial charge is 0.436 e. The standard InChI is InChI=1S/C22H12ClF5N2O2/c1-8-5-9(2)20-13(6-8)30-22(32-20)10-3-4-11(23)12(7-10)29-21(31)14-15(24)17(26)19(28)18(27)16(14)25/h3-7H,1-2H3,(H,29,31). The molecule has 0 fully saturated rings. The Balaban J connectivity index is 1.74. The van der Waals surface area contributed by atoms with Crippen molar-refractivity contribution in [3.63, 3.8) is 0 Å². The Morgan fingerprint density at radius 2 is 1.56 bits per heavy atom. The van der Waals surface area contributed by atoms with Gasteiger partial charge in [0.05, 0.1) is 10.7 Å². The summed E-state index contributed by atoms with van der Waals surface area (Å²) >= 11 is 6.05. The molecule has 0 radical (unpaired) electrons. The normalized spacial score (nSPS) is 11.2. The third kappa shape index (κ3) is 3.58. The van der Waals surface area contributed by atoms with Crippen molar-refractivity contribution >= 4 is 34.3 Å². The van der Waals surface area contributed by atoms with E-state index in [-0.39, 0.29) is 16.6 Å². The van der Waals surface area contributed by atoms with Gasteiger partial charge in [0.25, 0.3) is 5.91 Å². The molecule has 4 rings (SSSR count). The molecule has 1 aromatic heterocycles. The molecule has 4 nitrogen and oxygen atoms in total. The molecular weight excluding hydrogens is 455 g/mol. The average Bonchev–Trinajstić information content (AvgIpc) is 3.17. The summed E-state index contributed by atoms with van der Waals surface area (Å²) in [5.74, 6) is -12.7. The minimum Gasteiger partial charge on any atom is -0.436 e. The number of aromatic nitrogens is 1. The molecule has 32 heavy (non-hydrogen) atoms. The number of oxazole rings is 1. The van der Waals surface area contributed by atoms with Crippen molar-refractivity contribution in [3.05, 3.63) is 81.1 Å². The van der Waals surface area contributed by atoms with Crippen molar-refractivity contribution < 1.29 is 31.2 Å². The van der Waals surface area contributed by atoms with E-state index in [1.165, 1.54) is 18.2 Å². The van der Waals surface area contributed by atoms with Gasteiger partial charge in [-0.1, -0.05) is 17.7 Å². The molecule has 10 heteroatoms. The van der Waals surface area contributed by atoms with Gasteiger partial charge >= 0.3 is 0 Å². The Morgan fingerprint density at radius 1 is 0.938 bits per heavy atom. The van der Waals surface area contributed by atoms with Gasteiger partial charge < -0.3 is 9.73 Å². The SMILES string of the molecule is Cc1cc(C)c2oc(-c3ccc(Cl)c(NC(=O)c4c(F)c(F)c(F)c(F)c4F)c3)nc2c1. The predicted octanol–water partition coefficient (Wildman–Crippen LogP) is 6.71. The number of rotatable bonds is 3. The minimum atomic E-state index is -2.36. The van der Waals surface area contributed by atoms with E-state index in [0.29, 0.717) is 16.7 Å². The summed E-state index contributed by atoms with van der Waals surface area (Å²) in [6.45, 7) is 3.75. The van der Waals surface area contributed by atoms with Crippen LogP contribution in [0.15, 0.2) is 34.7 Å². The highest BCUT2D eigenvalue weighted by Crippen LogP contribution is 2.32. The second kappa shape index (κ2) is 7.90. The van der Waals surface area contributed by atoms with Crippen LogP contribution in [0.3, 0.4) is 0 Å². The monoisotopic (exact) mass is 466 g/mol. The molecule has 0 aliphatic rings. The predicted molar refractivity (Wildman–Crippen MR) is 108 cm³/mol. The Morgan fingerprint density at radius 3 is 2.22 bits per heavy atom. The van der Waals surface area contributed by atoms with Gasteiger partial charge in [-0.15, -0.1) is 0 Å². The Labute approximate surface area is 182 Å². The number of hydrogen-bond donors (Lipinski definition) is 1. The second-order valence-corrected chi connectivity index (χ2v) is 7.45. The van der Waals surface area contributed by atoms with Crippen LogP contribution in [-0.4, -0.2) is 10.9 Å². The summed E-state index contributed by atoms with van der Waals surface area (Å²) in [5, 5.41) is 2.02. The molecule has 3 aromatic carbocycles. The maximum atomic E-state index is 13.9. The second-order valence-electron chi connectivity index (χ2n) is 7.04. The van der Waals surface area contributed by atoms with Gasteiger partial charge in [-0.2, -0.15) is 0 Å². The van der Waals surface area contributed by atoms with Crippen LogP contribution in [0.25, 0.3) is 22.6 Å². The lowest BCUT2D eigenvalue weighted by molar-refractivity contribution is 0.101. The first-order chi connectivity index (χ1) is 15.1. The molecule has 0 aliphatic heterocycles. The van der Waals surface area contributed by atoms with Crippen LogP contribution in [0.1, 0.15) is 21.5 Å². The van der Waals surface area contributed by atoms with E-state index in [0.717, 1.165) is 11.1 Å². The Kier molecular flexibility index (Phi) is 5.37. The van der Waals surface area contributed by atoms with Crippen LogP contribution in [0.4, 0.5) is 27.6 Å². The summed E-state index contributed by atoms with van der Waals surface area (Å²) in [6, 6.07) is 7.92. The summed E-state index contributed by atoms with van der Waals surface area (Å²) in [5.41, 5.74) is 1.56. The summed E-state index contributed by atoms with van der Waals surface area (Å²) in [7, 11) is 0. The maximum absolute atomic E-state index is 13.9. The molecular formula is C22H12ClF5N2O2. The molecule has 0 saturated heterocycles. The van der Waals surface area contributed by atoms with Gasteiger partial charge in [-0.25, -0.2) is 26.9 Å². The Bertz CT molecular complexity index is 1390. The molecule has 0 atom stereocenters. The summed E-state index contributed by atoms with van der Waals surface area (Å²) < 4.78 is 73.8. The van der Waals surface area contributed by atoms with Crippen molar-refractivity contribution in [1.29, 1.82) is 0 Å². The quantitative estimate of drug-likeness (QED) is 0.207. The molecule has 1 N–H and O–H groups in total. The lowest BCUT2D eigenvalue weighted by atomic mass is 10.1. The Hall–Kier alpha value is -3.46. The molecule has 0 aliphatic carbocycles.